The molecule has 0 aromatic heterocycles. The number of nitrogens with zero attached hydrogens (tertiary/aromatic N) is 1. The first-order valence-corrected chi connectivity index (χ1v) is 5.56. The summed E-state index contributed by atoms with van der Waals surface area (Å²) in [7, 11) is 1.32. The normalized spacial score (nSPS) is 20.9. The molecule has 1 aliphatic heterocycles. The molecule has 3 N–H and O–H groups in total. The Balaban J connectivity index is 2.34. The van der Waals surface area contributed by atoms with Gasteiger partial charge in [0, 0.05) is 26.2 Å². The van der Waals surface area contributed by atoms with Crippen LogP contribution in [0.2, 0.25) is 0 Å². The van der Waals surface area contributed by atoms with Crippen molar-refractivity contribution < 1.29 is 19.1 Å². The summed E-state index contributed by atoms with van der Waals surface area (Å²) in [6.45, 7) is 2.55. The molecule has 0 saturated carbocycles. The van der Waals surface area contributed by atoms with E-state index in [1.54, 1.807) is 0 Å². The molecular formula is C10H19N3O4. The van der Waals surface area contributed by atoms with E-state index >= 15 is 0 Å². The molecule has 98 valence electrons. The first-order valence-electron chi connectivity index (χ1n) is 5.56. The fourth-order valence-electron chi connectivity index (χ4n) is 1.59. The number of hydrogen-bond donors (Lipinski definition) is 2. The van der Waals surface area contributed by atoms with E-state index in [9.17, 15) is 9.59 Å². The molecule has 0 aromatic rings. The topological polar surface area (TPSA) is 93.9 Å². The highest BCUT2D eigenvalue weighted by atomic mass is 16.6. The third kappa shape index (κ3) is 4.68. The minimum Gasteiger partial charge on any atom is -0.467 e. The van der Waals surface area contributed by atoms with Crippen LogP contribution in [0, 0.1) is 0 Å². The zero-order valence-electron chi connectivity index (χ0n) is 9.98. The molecule has 1 saturated heterocycles. The average Bonchev–Trinajstić information content (AvgIpc) is 2.35. The Kier molecular flexibility index (Phi) is 5.88. The second-order valence-corrected chi connectivity index (χ2v) is 3.76. The van der Waals surface area contributed by atoms with Crippen LogP contribution in [0.4, 0.5) is 0 Å². The first-order chi connectivity index (χ1) is 8.17. The van der Waals surface area contributed by atoms with E-state index in [0.29, 0.717) is 32.8 Å². The van der Waals surface area contributed by atoms with E-state index in [-0.39, 0.29) is 12.5 Å². The number of methoxy groups -OCH3 is 1. The lowest BCUT2D eigenvalue weighted by molar-refractivity contribution is -0.160. The van der Waals surface area contributed by atoms with E-state index in [1.165, 1.54) is 7.11 Å². The second kappa shape index (κ2) is 7.21. The molecule has 7 heteroatoms. The predicted molar refractivity (Wildman–Crippen MR) is 60.3 cm³/mol. The predicted octanol–water partition coefficient (Wildman–Crippen LogP) is -2.06. The lowest BCUT2D eigenvalue weighted by Crippen LogP contribution is -2.49. The molecule has 17 heavy (non-hydrogen) atoms. The van der Waals surface area contributed by atoms with Gasteiger partial charge in [-0.05, 0) is 0 Å². The summed E-state index contributed by atoms with van der Waals surface area (Å²) in [5.74, 6) is -0.502. The molecule has 0 aliphatic carbocycles. The van der Waals surface area contributed by atoms with Crippen LogP contribution in [-0.2, 0) is 19.1 Å². The summed E-state index contributed by atoms with van der Waals surface area (Å²) < 4.78 is 9.86. The Labute approximate surface area is 100 Å². The molecule has 1 fully saturated rings. The van der Waals surface area contributed by atoms with Gasteiger partial charge in [-0.15, -0.1) is 0 Å². The lowest BCUT2D eigenvalue weighted by Gasteiger charge is -2.30. The highest BCUT2D eigenvalue weighted by Crippen LogP contribution is 2.06. The molecule has 0 bridgehead atoms. The minimum absolute atomic E-state index is 0.0963. The van der Waals surface area contributed by atoms with E-state index in [4.69, 9.17) is 10.5 Å². The third-order valence-corrected chi connectivity index (χ3v) is 2.45. The second-order valence-electron chi connectivity index (χ2n) is 3.76. The molecular weight excluding hydrogens is 226 g/mol. The molecule has 1 rings (SSSR count). The highest BCUT2D eigenvalue weighted by molar-refractivity contribution is 5.78. The smallest absolute Gasteiger partial charge is 0.336 e. The van der Waals surface area contributed by atoms with Crippen LogP contribution in [0.15, 0.2) is 0 Å². The van der Waals surface area contributed by atoms with Gasteiger partial charge in [0.05, 0.1) is 20.3 Å². The number of carbonyl (C=O) groups excluding carboxylic acids is 2. The van der Waals surface area contributed by atoms with Gasteiger partial charge in [0.1, 0.15) is 0 Å². The van der Waals surface area contributed by atoms with E-state index in [2.05, 4.69) is 10.1 Å². The van der Waals surface area contributed by atoms with Crippen molar-refractivity contribution in [3.63, 3.8) is 0 Å². The monoisotopic (exact) mass is 245 g/mol. The van der Waals surface area contributed by atoms with Crippen LogP contribution in [0.1, 0.15) is 0 Å². The Hall–Kier alpha value is -1.18. The molecule has 1 amide bonds. The van der Waals surface area contributed by atoms with Gasteiger partial charge >= 0.3 is 5.97 Å². The summed E-state index contributed by atoms with van der Waals surface area (Å²) in [6, 6.07) is 0. The standard InChI is InChI=1S/C10H19N3O4/c1-16-10(15)8-6-13(4-5-17-8)7-9(14)12-3-2-11/h8H,2-7,11H2,1H3,(H,12,14). The minimum atomic E-state index is -0.601. The van der Waals surface area contributed by atoms with Crippen LogP contribution >= 0.6 is 0 Å². The molecule has 1 heterocycles. The number of amides is 1. The largest absolute Gasteiger partial charge is 0.467 e. The van der Waals surface area contributed by atoms with Crippen molar-refractivity contribution in [1.29, 1.82) is 0 Å². The molecule has 1 atom stereocenters. The number of esters is 1. The third-order valence-electron chi connectivity index (χ3n) is 2.45. The fraction of sp³-hybridized carbons (Fsp3) is 0.800. The number of rotatable bonds is 5. The maximum atomic E-state index is 11.5. The summed E-state index contributed by atoms with van der Waals surface area (Å²) in [6.07, 6.45) is -0.601. The molecule has 0 spiro atoms. The van der Waals surface area contributed by atoms with Gasteiger partial charge in [-0.25, -0.2) is 4.79 Å². The van der Waals surface area contributed by atoms with Gasteiger partial charge in [0.2, 0.25) is 5.91 Å². The van der Waals surface area contributed by atoms with Crippen molar-refractivity contribution in [1.82, 2.24) is 10.2 Å². The van der Waals surface area contributed by atoms with Gasteiger partial charge in [0.15, 0.2) is 6.10 Å². The highest BCUT2D eigenvalue weighted by Gasteiger charge is 2.28. The fourth-order valence-corrected chi connectivity index (χ4v) is 1.59. The quantitative estimate of drug-likeness (QED) is 0.541. The van der Waals surface area contributed by atoms with E-state index in [0.717, 1.165) is 0 Å². The summed E-state index contributed by atoms with van der Waals surface area (Å²) in [5, 5.41) is 2.68. The van der Waals surface area contributed by atoms with Crippen LogP contribution in [-0.4, -0.2) is 69.3 Å². The van der Waals surface area contributed by atoms with Crippen LogP contribution in [0.25, 0.3) is 0 Å². The van der Waals surface area contributed by atoms with Crippen molar-refractivity contribution in [3.05, 3.63) is 0 Å². The Bertz CT molecular complexity index is 272. The van der Waals surface area contributed by atoms with Crippen molar-refractivity contribution >= 4 is 11.9 Å². The zero-order valence-corrected chi connectivity index (χ0v) is 9.98. The summed E-state index contributed by atoms with van der Waals surface area (Å²) in [5.41, 5.74) is 5.28. The van der Waals surface area contributed by atoms with Gasteiger partial charge in [-0.1, -0.05) is 0 Å². The SMILES string of the molecule is COC(=O)C1CN(CC(=O)NCCN)CCO1. The first kappa shape index (κ1) is 13.9. The Morgan fingerprint density at radius 1 is 1.59 bits per heavy atom. The van der Waals surface area contributed by atoms with E-state index < -0.39 is 12.1 Å². The van der Waals surface area contributed by atoms with Gasteiger partial charge in [-0.3, -0.25) is 9.69 Å². The summed E-state index contributed by atoms with van der Waals surface area (Å²) >= 11 is 0. The number of nitrogens with two attached hydrogens (primary N) is 1. The van der Waals surface area contributed by atoms with Gasteiger partial charge in [-0.2, -0.15) is 0 Å². The van der Waals surface area contributed by atoms with Crippen LogP contribution in [0.5, 0.6) is 0 Å². The average molecular weight is 245 g/mol. The number of hydrogen-bond acceptors (Lipinski definition) is 6. The van der Waals surface area contributed by atoms with Crippen LogP contribution < -0.4 is 11.1 Å². The maximum absolute atomic E-state index is 11.5. The lowest BCUT2D eigenvalue weighted by atomic mass is 10.2. The Morgan fingerprint density at radius 2 is 2.35 bits per heavy atom. The molecule has 0 radical (unpaired) electrons. The number of morpholine rings is 1. The molecule has 1 unspecified atom stereocenters. The number of carbonyl (C=O) groups is 2. The molecule has 1 aliphatic rings. The van der Waals surface area contributed by atoms with Gasteiger partial charge in [0.25, 0.3) is 0 Å². The van der Waals surface area contributed by atoms with Crippen molar-refractivity contribution in [2.45, 2.75) is 6.10 Å². The van der Waals surface area contributed by atoms with Crippen LogP contribution in [0.3, 0.4) is 0 Å². The number of nitrogens with one attached hydrogen (secondary N) is 1. The Morgan fingerprint density at radius 3 is 3.00 bits per heavy atom. The van der Waals surface area contributed by atoms with Crippen molar-refractivity contribution in [3.8, 4) is 0 Å². The molecule has 7 nitrogen and oxygen atoms in total. The maximum Gasteiger partial charge on any atom is 0.336 e. The van der Waals surface area contributed by atoms with Crippen molar-refractivity contribution in [2.24, 2.45) is 5.73 Å². The van der Waals surface area contributed by atoms with E-state index in [1.807, 2.05) is 4.90 Å². The zero-order chi connectivity index (χ0) is 12.7. The number of ether oxygens (including phenoxy) is 2. The summed E-state index contributed by atoms with van der Waals surface area (Å²) in [4.78, 5) is 24.6. The van der Waals surface area contributed by atoms with Gasteiger partial charge < -0.3 is 20.5 Å². The molecule has 0 aromatic carbocycles. The van der Waals surface area contributed by atoms with Crippen molar-refractivity contribution in [2.75, 3.05) is 46.4 Å².